The molecule has 0 aliphatic rings. The summed E-state index contributed by atoms with van der Waals surface area (Å²) in [5.41, 5.74) is -5.42. The van der Waals surface area contributed by atoms with Crippen molar-refractivity contribution in [1.29, 1.82) is 0 Å². The van der Waals surface area contributed by atoms with Gasteiger partial charge in [-0.05, 0) is 38.5 Å². The summed E-state index contributed by atoms with van der Waals surface area (Å²) in [6.07, 6.45) is -0.0347. The SMILES string of the molecule is CCC(CC)(C(=O)[O-])C(=O)[O-].CCC(CC)(C(=O)[O-])C(=O)[O-].CCC(CC)(C(=O)[O-])C(=O)[O-].[Fe+6]. The maximum atomic E-state index is 10.4. The standard InChI is InChI=1S/3C7H12O4.Fe/c3*1-3-7(4-2,5(8)9)6(10)11;/h3*3-4H2,1-2H3,(H,8,9)(H,10,11);/q;;;+6/p-6. The van der Waals surface area contributed by atoms with Crippen LogP contribution in [0.3, 0.4) is 0 Å². The van der Waals surface area contributed by atoms with E-state index >= 15 is 0 Å². The molecule has 0 atom stereocenters. The molecule has 0 aromatic carbocycles. The fourth-order valence-electron chi connectivity index (χ4n) is 2.73. The molecule has 0 heterocycles. The molecule has 0 aliphatic carbocycles. The van der Waals surface area contributed by atoms with Crippen LogP contribution in [0.1, 0.15) is 80.1 Å². The van der Waals surface area contributed by atoms with Crippen LogP contribution in [-0.4, -0.2) is 35.8 Å². The van der Waals surface area contributed by atoms with Crippen molar-refractivity contribution in [1.82, 2.24) is 0 Å². The van der Waals surface area contributed by atoms with Crippen molar-refractivity contribution in [3.63, 3.8) is 0 Å². The topological polar surface area (TPSA) is 241 Å². The summed E-state index contributed by atoms with van der Waals surface area (Å²) in [6.45, 7) is 8.89. The average molecular weight is 530 g/mol. The Balaban J connectivity index is -0.000000196. The Bertz CT molecular complexity index is 561. The van der Waals surface area contributed by atoms with Gasteiger partial charge < -0.3 is 59.4 Å². The summed E-state index contributed by atoms with van der Waals surface area (Å²) in [5, 5.41) is 62.4. The van der Waals surface area contributed by atoms with Gasteiger partial charge in [0.15, 0.2) is 0 Å². The van der Waals surface area contributed by atoms with Crippen molar-refractivity contribution in [3.05, 3.63) is 0 Å². The van der Waals surface area contributed by atoms with Crippen LogP contribution in [0.4, 0.5) is 0 Å². The minimum atomic E-state index is -1.81. The quantitative estimate of drug-likeness (QED) is 0.170. The summed E-state index contributed by atoms with van der Waals surface area (Å²) in [5.74, 6) is -9.40. The van der Waals surface area contributed by atoms with Crippen LogP contribution in [0.2, 0.25) is 0 Å². The predicted octanol–water partition coefficient (Wildman–Crippen LogP) is -5.12. The number of hydrogen-bond acceptors (Lipinski definition) is 12. The van der Waals surface area contributed by atoms with Gasteiger partial charge in [-0.25, -0.2) is 0 Å². The Labute approximate surface area is 208 Å². The summed E-state index contributed by atoms with van der Waals surface area (Å²) in [7, 11) is 0. The zero-order valence-electron chi connectivity index (χ0n) is 20.0. The molecule has 0 aromatic heterocycles. The van der Waals surface area contributed by atoms with Crippen LogP contribution >= 0.6 is 0 Å². The Morgan fingerprint density at radius 1 is 0.382 bits per heavy atom. The normalized spacial score (nSPS) is 10.8. The first kappa shape index (κ1) is 38.6. The number of aliphatic carboxylic acids is 6. The molecule has 0 fully saturated rings. The molecule has 0 bridgehead atoms. The molecule has 194 valence electrons. The molecule has 0 amide bonds. The van der Waals surface area contributed by atoms with E-state index in [-0.39, 0.29) is 55.6 Å². The average Bonchev–Trinajstić information content (AvgIpc) is 2.71. The fourth-order valence-corrected chi connectivity index (χ4v) is 2.73. The summed E-state index contributed by atoms with van der Waals surface area (Å²) in [4.78, 5) is 62.4. The van der Waals surface area contributed by atoms with Gasteiger partial charge in [-0.3, -0.25) is 0 Å². The second-order valence-corrected chi connectivity index (χ2v) is 7.09. The third-order valence-corrected chi connectivity index (χ3v) is 5.97. The van der Waals surface area contributed by atoms with E-state index in [0.29, 0.717) is 0 Å². The first-order valence-electron chi connectivity index (χ1n) is 10.3. The van der Waals surface area contributed by atoms with E-state index in [2.05, 4.69) is 0 Å². The zero-order valence-corrected chi connectivity index (χ0v) is 21.1. The molecular weight excluding hydrogens is 500 g/mol. The van der Waals surface area contributed by atoms with Gasteiger partial charge in [0, 0.05) is 16.2 Å². The van der Waals surface area contributed by atoms with Crippen LogP contribution in [0, 0.1) is 16.2 Å². The molecule has 0 aliphatic heterocycles. The van der Waals surface area contributed by atoms with E-state index in [1.165, 1.54) is 41.5 Å². The van der Waals surface area contributed by atoms with Gasteiger partial charge in [0.2, 0.25) is 0 Å². The number of carbonyl (C=O) groups is 6. The van der Waals surface area contributed by atoms with Crippen LogP contribution in [0.15, 0.2) is 0 Å². The van der Waals surface area contributed by atoms with Crippen molar-refractivity contribution in [2.75, 3.05) is 0 Å². The molecule has 0 rings (SSSR count). The summed E-state index contributed by atoms with van der Waals surface area (Å²) >= 11 is 0. The molecule has 0 unspecified atom stereocenters. The number of carboxylic acids is 6. The van der Waals surface area contributed by atoms with Gasteiger partial charge in [-0.15, -0.1) is 0 Å². The van der Waals surface area contributed by atoms with Crippen molar-refractivity contribution in [2.24, 2.45) is 16.2 Å². The fraction of sp³-hybridized carbons (Fsp3) is 0.714. The molecule has 0 saturated carbocycles. The van der Waals surface area contributed by atoms with Crippen molar-refractivity contribution in [3.8, 4) is 0 Å². The van der Waals surface area contributed by atoms with E-state index < -0.39 is 52.1 Å². The first-order chi connectivity index (χ1) is 15.0. The van der Waals surface area contributed by atoms with Crippen molar-refractivity contribution < 1.29 is 76.5 Å². The minimum absolute atomic E-state index is 0. The third kappa shape index (κ3) is 8.94. The van der Waals surface area contributed by atoms with Gasteiger partial charge in [0.05, 0.1) is 35.8 Å². The number of rotatable bonds is 12. The van der Waals surface area contributed by atoms with Gasteiger partial charge >= 0.3 is 17.1 Å². The molecule has 13 heteroatoms. The first-order valence-corrected chi connectivity index (χ1v) is 10.3. The van der Waals surface area contributed by atoms with E-state index in [1.54, 1.807) is 0 Å². The summed E-state index contributed by atoms with van der Waals surface area (Å²) < 4.78 is 0. The molecule has 0 N–H and O–H groups in total. The summed E-state index contributed by atoms with van der Waals surface area (Å²) in [6, 6.07) is 0. The Morgan fingerprint density at radius 2 is 0.471 bits per heavy atom. The van der Waals surface area contributed by atoms with Crippen molar-refractivity contribution in [2.45, 2.75) is 80.1 Å². The van der Waals surface area contributed by atoms with E-state index in [0.717, 1.165) is 0 Å². The van der Waals surface area contributed by atoms with E-state index in [4.69, 9.17) is 0 Å². The van der Waals surface area contributed by atoms with Crippen molar-refractivity contribution >= 4 is 35.8 Å². The molecule has 0 aromatic rings. The largest absolute Gasteiger partial charge is 6.00 e. The van der Waals surface area contributed by atoms with Crippen LogP contribution in [0.25, 0.3) is 0 Å². The second kappa shape index (κ2) is 16.9. The minimum Gasteiger partial charge on any atom is -0.549 e. The van der Waals surface area contributed by atoms with Gasteiger partial charge in [0.25, 0.3) is 0 Å². The third-order valence-electron chi connectivity index (χ3n) is 5.97. The maximum Gasteiger partial charge on any atom is 6.00 e. The van der Waals surface area contributed by atoms with Crippen LogP contribution < -0.4 is 30.6 Å². The van der Waals surface area contributed by atoms with E-state index in [9.17, 15) is 59.4 Å². The van der Waals surface area contributed by atoms with Crippen LogP contribution in [0.5, 0.6) is 0 Å². The maximum absolute atomic E-state index is 10.4. The molecule has 0 saturated heterocycles. The number of carbonyl (C=O) groups excluding carboxylic acids is 6. The Hall–Kier alpha value is -2.66. The van der Waals surface area contributed by atoms with E-state index in [1.807, 2.05) is 0 Å². The molecule has 0 spiro atoms. The molecular formula is C21H30FeO12. The van der Waals surface area contributed by atoms with Gasteiger partial charge in [-0.2, -0.15) is 0 Å². The predicted molar refractivity (Wildman–Crippen MR) is 99.1 cm³/mol. The van der Waals surface area contributed by atoms with Crippen LogP contribution in [-0.2, 0) is 45.8 Å². The number of hydrogen-bond donors (Lipinski definition) is 0. The smallest absolute Gasteiger partial charge is 0.549 e. The molecule has 12 nitrogen and oxygen atoms in total. The molecule has 0 radical (unpaired) electrons. The Kier molecular flexibility index (Phi) is 19.2. The second-order valence-electron chi connectivity index (χ2n) is 7.09. The monoisotopic (exact) mass is 530 g/mol. The number of carboxylic acid groups (broad SMARTS) is 6. The van der Waals surface area contributed by atoms with Gasteiger partial charge in [-0.1, -0.05) is 41.5 Å². The Morgan fingerprint density at radius 3 is 0.471 bits per heavy atom. The van der Waals surface area contributed by atoms with Gasteiger partial charge in [0.1, 0.15) is 0 Å². The molecule has 34 heavy (non-hydrogen) atoms. The zero-order chi connectivity index (χ0) is 27.2.